The van der Waals surface area contributed by atoms with E-state index in [1.165, 1.54) is 36.0 Å². The first-order valence-electron chi connectivity index (χ1n) is 7.08. The van der Waals surface area contributed by atoms with Crippen LogP contribution >= 0.6 is 11.8 Å². The number of nitrogens with one attached hydrogen (secondary N) is 2. The number of halogens is 1. The van der Waals surface area contributed by atoms with Crippen LogP contribution in [0.1, 0.15) is 12.5 Å². The van der Waals surface area contributed by atoms with Gasteiger partial charge in [-0.2, -0.15) is 0 Å². The van der Waals surface area contributed by atoms with Crippen molar-refractivity contribution in [2.24, 2.45) is 0 Å². The Bertz CT molecular complexity index is 675. The summed E-state index contributed by atoms with van der Waals surface area (Å²) >= 11 is 1.53. The summed E-state index contributed by atoms with van der Waals surface area (Å²) in [5.74, 6) is -0.371. The SMILES string of the molecule is CSc1ccccc1NC(=O)NCC(C)(O)c1ccc(F)cc1. The summed E-state index contributed by atoms with van der Waals surface area (Å²) in [6, 6.07) is 12.6. The molecule has 0 heterocycles. The van der Waals surface area contributed by atoms with E-state index in [0.29, 0.717) is 11.3 Å². The van der Waals surface area contributed by atoms with Gasteiger partial charge in [0, 0.05) is 4.90 Å². The molecule has 2 aromatic rings. The standard InChI is InChI=1S/C17H19FN2O2S/c1-17(22,12-7-9-13(18)10-8-12)11-19-16(21)20-14-5-3-4-6-15(14)23-2/h3-10,22H,11H2,1-2H3,(H2,19,20,21). The van der Waals surface area contributed by atoms with Crippen molar-refractivity contribution in [1.29, 1.82) is 0 Å². The van der Waals surface area contributed by atoms with Gasteiger partial charge in [-0.3, -0.25) is 0 Å². The fourth-order valence-corrected chi connectivity index (χ4v) is 2.63. The molecule has 6 heteroatoms. The first-order chi connectivity index (χ1) is 10.9. The second-order valence-electron chi connectivity index (χ2n) is 5.29. The molecule has 0 aromatic heterocycles. The van der Waals surface area contributed by atoms with E-state index in [9.17, 15) is 14.3 Å². The molecular weight excluding hydrogens is 315 g/mol. The van der Waals surface area contributed by atoms with Crippen LogP contribution in [0, 0.1) is 5.82 Å². The van der Waals surface area contributed by atoms with Crippen LogP contribution < -0.4 is 10.6 Å². The van der Waals surface area contributed by atoms with E-state index >= 15 is 0 Å². The number of amides is 2. The number of carbonyl (C=O) groups is 1. The highest BCUT2D eigenvalue weighted by Crippen LogP contribution is 2.24. The zero-order valence-corrected chi connectivity index (χ0v) is 13.8. The van der Waals surface area contributed by atoms with Crippen molar-refractivity contribution in [2.75, 3.05) is 18.1 Å². The number of aliphatic hydroxyl groups is 1. The summed E-state index contributed by atoms with van der Waals surface area (Å²) < 4.78 is 12.9. The number of anilines is 1. The van der Waals surface area contributed by atoms with E-state index in [1.54, 1.807) is 6.92 Å². The minimum atomic E-state index is -1.29. The van der Waals surface area contributed by atoms with Crippen LogP contribution in [0.25, 0.3) is 0 Å². The van der Waals surface area contributed by atoms with Crippen LogP contribution in [-0.2, 0) is 5.60 Å². The Hall–Kier alpha value is -2.05. The largest absolute Gasteiger partial charge is 0.384 e. The van der Waals surface area contributed by atoms with E-state index in [0.717, 1.165) is 4.90 Å². The van der Waals surface area contributed by atoms with Crippen molar-refractivity contribution < 1.29 is 14.3 Å². The number of benzene rings is 2. The van der Waals surface area contributed by atoms with E-state index in [1.807, 2.05) is 30.5 Å². The van der Waals surface area contributed by atoms with Gasteiger partial charge in [0.2, 0.25) is 0 Å². The highest BCUT2D eigenvalue weighted by molar-refractivity contribution is 7.98. The number of carbonyl (C=O) groups excluding carboxylic acids is 1. The maximum absolute atomic E-state index is 12.9. The van der Waals surface area contributed by atoms with Gasteiger partial charge in [0.05, 0.1) is 12.2 Å². The summed E-state index contributed by atoms with van der Waals surface area (Å²) in [5.41, 5.74) is -0.0491. The molecule has 1 atom stereocenters. The quantitative estimate of drug-likeness (QED) is 0.733. The van der Waals surface area contributed by atoms with Gasteiger partial charge in [-0.15, -0.1) is 11.8 Å². The summed E-state index contributed by atoms with van der Waals surface area (Å²) in [7, 11) is 0. The molecule has 1 unspecified atom stereocenters. The van der Waals surface area contributed by atoms with Gasteiger partial charge < -0.3 is 15.7 Å². The number of para-hydroxylation sites is 1. The second kappa shape index (κ2) is 7.48. The third-order valence-electron chi connectivity index (χ3n) is 3.41. The molecule has 0 radical (unpaired) electrons. The Morgan fingerprint density at radius 3 is 2.52 bits per heavy atom. The fourth-order valence-electron chi connectivity index (χ4n) is 2.08. The van der Waals surface area contributed by atoms with Gasteiger partial charge in [0.25, 0.3) is 0 Å². The Balaban J connectivity index is 1.96. The van der Waals surface area contributed by atoms with Crippen molar-refractivity contribution in [1.82, 2.24) is 5.32 Å². The topological polar surface area (TPSA) is 61.4 Å². The van der Waals surface area contributed by atoms with E-state index in [-0.39, 0.29) is 12.4 Å². The molecule has 2 rings (SSSR count). The Morgan fingerprint density at radius 1 is 1.22 bits per heavy atom. The summed E-state index contributed by atoms with van der Waals surface area (Å²) in [6.45, 7) is 1.57. The van der Waals surface area contributed by atoms with Gasteiger partial charge >= 0.3 is 6.03 Å². The molecule has 0 saturated heterocycles. The Labute approximate surface area is 139 Å². The molecule has 0 fully saturated rings. The van der Waals surface area contributed by atoms with Crippen LogP contribution in [0.2, 0.25) is 0 Å². The lowest BCUT2D eigenvalue weighted by molar-refractivity contribution is 0.0599. The molecule has 4 nitrogen and oxygen atoms in total. The first-order valence-corrected chi connectivity index (χ1v) is 8.31. The predicted molar refractivity (Wildman–Crippen MR) is 91.2 cm³/mol. The van der Waals surface area contributed by atoms with Crippen LogP contribution in [0.3, 0.4) is 0 Å². The smallest absolute Gasteiger partial charge is 0.319 e. The molecule has 2 amide bonds. The van der Waals surface area contributed by atoms with Crippen molar-refractivity contribution in [2.45, 2.75) is 17.4 Å². The predicted octanol–water partition coefficient (Wildman–Crippen LogP) is 3.58. The van der Waals surface area contributed by atoms with Gasteiger partial charge in [0.1, 0.15) is 11.4 Å². The monoisotopic (exact) mass is 334 g/mol. The van der Waals surface area contributed by atoms with Crippen LogP contribution in [0.4, 0.5) is 14.9 Å². The highest BCUT2D eigenvalue weighted by Gasteiger charge is 2.23. The van der Waals surface area contributed by atoms with Crippen molar-refractivity contribution >= 4 is 23.5 Å². The molecule has 0 spiro atoms. The Morgan fingerprint density at radius 2 is 1.87 bits per heavy atom. The highest BCUT2D eigenvalue weighted by atomic mass is 32.2. The molecule has 23 heavy (non-hydrogen) atoms. The Kier molecular flexibility index (Phi) is 5.63. The summed E-state index contributed by atoms with van der Waals surface area (Å²) in [4.78, 5) is 13.0. The van der Waals surface area contributed by atoms with E-state index in [2.05, 4.69) is 10.6 Å². The lowest BCUT2D eigenvalue weighted by Crippen LogP contribution is -2.40. The van der Waals surface area contributed by atoms with Crippen LogP contribution in [-0.4, -0.2) is 23.9 Å². The summed E-state index contributed by atoms with van der Waals surface area (Å²) in [5, 5.41) is 15.8. The molecule has 0 bridgehead atoms. The third-order valence-corrected chi connectivity index (χ3v) is 4.21. The molecule has 3 N–H and O–H groups in total. The lowest BCUT2D eigenvalue weighted by atomic mass is 9.96. The van der Waals surface area contributed by atoms with Gasteiger partial charge in [-0.05, 0) is 43.0 Å². The first kappa shape index (κ1) is 17.3. The zero-order valence-electron chi connectivity index (χ0n) is 13.0. The summed E-state index contributed by atoms with van der Waals surface area (Å²) in [6.07, 6.45) is 1.93. The number of hydrogen-bond acceptors (Lipinski definition) is 3. The average Bonchev–Trinajstić information content (AvgIpc) is 2.54. The van der Waals surface area contributed by atoms with E-state index < -0.39 is 11.6 Å². The molecule has 0 saturated carbocycles. The van der Waals surface area contributed by atoms with Crippen LogP contribution in [0.5, 0.6) is 0 Å². The normalized spacial score (nSPS) is 13.2. The van der Waals surface area contributed by atoms with Gasteiger partial charge in [-0.1, -0.05) is 24.3 Å². The molecule has 2 aromatic carbocycles. The number of thioether (sulfide) groups is 1. The fraction of sp³-hybridized carbons (Fsp3) is 0.235. The third kappa shape index (κ3) is 4.71. The minimum Gasteiger partial charge on any atom is -0.384 e. The number of rotatable bonds is 5. The molecule has 122 valence electrons. The molecule has 0 aliphatic carbocycles. The average molecular weight is 334 g/mol. The van der Waals surface area contributed by atoms with Gasteiger partial charge in [-0.25, -0.2) is 9.18 Å². The van der Waals surface area contributed by atoms with Crippen LogP contribution in [0.15, 0.2) is 53.4 Å². The maximum Gasteiger partial charge on any atom is 0.319 e. The van der Waals surface area contributed by atoms with Crippen molar-refractivity contribution in [3.05, 3.63) is 59.9 Å². The number of urea groups is 1. The molecule has 0 aliphatic heterocycles. The number of hydrogen-bond donors (Lipinski definition) is 3. The van der Waals surface area contributed by atoms with E-state index in [4.69, 9.17) is 0 Å². The second-order valence-corrected chi connectivity index (χ2v) is 6.14. The van der Waals surface area contributed by atoms with Gasteiger partial charge in [0.15, 0.2) is 0 Å². The molecular formula is C17H19FN2O2S. The van der Waals surface area contributed by atoms with Crippen molar-refractivity contribution in [3.8, 4) is 0 Å². The lowest BCUT2D eigenvalue weighted by Gasteiger charge is -2.24. The minimum absolute atomic E-state index is 0.00585. The maximum atomic E-state index is 12.9. The van der Waals surface area contributed by atoms with Crippen molar-refractivity contribution in [3.63, 3.8) is 0 Å². The zero-order chi connectivity index (χ0) is 16.9. The molecule has 0 aliphatic rings.